The highest BCUT2D eigenvalue weighted by Gasteiger charge is 2.27. The van der Waals surface area contributed by atoms with Crippen LogP contribution in [-0.2, 0) is 21.4 Å². The van der Waals surface area contributed by atoms with Crippen LogP contribution in [0, 0.1) is 0 Å². The molecule has 0 aromatic heterocycles. The molecule has 0 radical (unpaired) electrons. The molecule has 0 saturated heterocycles. The first-order valence-electron chi connectivity index (χ1n) is 10.5. The molecule has 0 bridgehead atoms. The fourth-order valence-electron chi connectivity index (χ4n) is 3.03. The van der Waals surface area contributed by atoms with E-state index in [4.69, 9.17) is 16.3 Å². The Morgan fingerprint density at radius 1 is 1.14 bits per heavy atom. The number of benzene rings is 3. The Hall–Kier alpha value is -2.92. The van der Waals surface area contributed by atoms with Crippen molar-refractivity contribution in [3.63, 3.8) is 0 Å². The summed E-state index contributed by atoms with van der Waals surface area (Å²) in [4.78, 5) is 12.7. The molecule has 11 heteroatoms. The fourth-order valence-corrected chi connectivity index (χ4v) is 4.81. The molecule has 8 nitrogen and oxygen atoms in total. The van der Waals surface area contributed by atoms with Gasteiger partial charge < -0.3 is 9.84 Å². The van der Waals surface area contributed by atoms with Gasteiger partial charge in [-0.3, -0.25) is 4.79 Å². The third-order valence-electron chi connectivity index (χ3n) is 4.73. The number of phenols is 1. The maximum atomic E-state index is 13.3. The highest BCUT2D eigenvalue weighted by Crippen LogP contribution is 2.26. The summed E-state index contributed by atoms with van der Waals surface area (Å²) < 4.78 is 33.7. The highest BCUT2D eigenvalue weighted by molar-refractivity contribution is 9.10. The summed E-state index contributed by atoms with van der Waals surface area (Å²) in [5.74, 6) is -0.346. The van der Waals surface area contributed by atoms with Gasteiger partial charge in [-0.2, -0.15) is 9.41 Å². The van der Waals surface area contributed by atoms with Gasteiger partial charge in [0.15, 0.2) is 11.5 Å². The number of carbonyl (C=O) groups is 1. The minimum atomic E-state index is -3.99. The topological polar surface area (TPSA) is 108 Å². The molecule has 0 saturated carbocycles. The first-order valence-corrected chi connectivity index (χ1v) is 13.1. The van der Waals surface area contributed by atoms with E-state index in [1.807, 2.05) is 0 Å². The van der Waals surface area contributed by atoms with Gasteiger partial charge in [0.05, 0.1) is 24.3 Å². The van der Waals surface area contributed by atoms with Crippen LogP contribution in [0.3, 0.4) is 0 Å². The monoisotopic (exact) mass is 579 g/mol. The quantitative estimate of drug-likeness (QED) is 0.270. The lowest BCUT2D eigenvalue weighted by Gasteiger charge is -2.21. The van der Waals surface area contributed by atoms with E-state index in [0.717, 1.165) is 8.78 Å². The molecule has 3 aromatic rings. The molecule has 184 valence electrons. The number of hydrazone groups is 1. The second kappa shape index (κ2) is 12.2. The van der Waals surface area contributed by atoms with Gasteiger partial charge in [0, 0.05) is 16.0 Å². The predicted molar refractivity (Wildman–Crippen MR) is 138 cm³/mol. The van der Waals surface area contributed by atoms with Crippen molar-refractivity contribution in [2.45, 2.75) is 18.4 Å². The minimum Gasteiger partial charge on any atom is -0.504 e. The second-order valence-electron chi connectivity index (χ2n) is 7.31. The molecule has 0 spiro atoms. The number of carbonyl (C=O) groups excluding carboxylic acids is 1. The maximum Gasteiger partial charge on any atom is 0.255 e. The van der Waals surface area contributed by atoms with Crippen molar-refractivity contribution in [2.75, 3.05) is 13.2 Å². The average Bonchev–Trinajstić information content (AvgIpc) is 2.82. The van der Waals surface area contributed by atoms with Gasteiger partial charge in [0.1, 0.15) is 0 Å². The number of sulfonamides is 1. The molecule has 0 unspecified atom stereocenters. The standard InChI is InChI=1S/C24H23BrClN3O5S/c1-2-34-23-13-18(5-12-22(23)30)14-27-28-24(31)16-29(15-17-3-8-20(26)9-4-17)35(32,33)21-10-6-19(25)7-11-21/h3-14,30H,2,15-16H2,1H3,(H,28,31)/b27-14-. The van der Waals surface area contributed by atoms with Gasteiger partial charge in [-0.1, -0.05) is 39.7 Å². The number of rotatable bonds is 10. The number of hydrogen-bond donors (Lipinski definition) is 2. The number of phenolic OH excluding ortho intramolecular Hbond substituents is 1. The Kier molecular flexibility index (Phi) is 9.27. The fraction of sp³-hybridized carbons (Fsp3) is 0.167. The zero-order valence-corrected chi connectivity index (χ0v) is 21.8. The van der Waals surface area contributed by atoms with E-state index in [0.29, 0.717) is 22.8 Å². The minimum absolute atomic E-state index is 0.0102. The zero-order chi connectivity index (χ0) is 25.4. The number of nitrogens with zero attached hydrogens (tertiary/aromatic N) is 2. The molecule has 0 fully saturated rings. The number of halogens is 2. The molecule has 3 aromatic carbocycles. The number of aromatic hydroxyl groups is 1. The van der Waals surface area contributed by atoms with Gasteiger partial charge in [-0.25, -0.2) is 13.8 Å². The smallest absolute Gasteiger partial charge is 0.255 e. The number of amides is 1. The van der Waals surface area contributed by atoms with E-state index >= 15 is 0 Å². The van der Waals surface area contributed by atoms with Crippen molar-refractivity contribution >= 4 is 49.7 Å². The third kappa shape index (κ3) is 7.53. The lowest BCUT2D eigenvalue weighted by Crippen LogP contribution is -2.39. The van der Waals surface area contributed by atoms with Crippen LogP contribution in [0.5, 0.6) is 11.5 Å². The van der Waals surface area contributed by atoms with Gasteiger partial charge in [-0.15, -0.1) is 0 Å². The van der Waals surface area contributed by atoms with Crippen LogP contribution in [-0.4, -0.2) is 43.1 Å². The molecule has 3 rings (SSSR count). The first-order chi connectivity index (χ1) is 16.7. The molecule has 2 N–H and O–H groups in total. The molecule has 0 heterocycles. The van der Waals surface area contributed by atoms with Crippen molar-refractivity contribution in [3.05, 3.63) is 87.4 Å². The molecule has 0 aliphatic rings. The maximum absolute atomic E-state index is 13.3. The van der Waals surface area contributed by atoms with Crippen LogP contribution in [0.4, 0.5) is 0 Å². The van der Waals surface area contributed by atoms with Crippen LogP contribution >= 0.6 is 27.5 Å². The zero-order valence-electron chi connectivity index (χ0n) is 18.7. The molecule has 0 aliphatic carbocycles. The van der Waals surface area contributed by atoms with Crippen molar-refractivity contribution < 1.29 is 23.1 Å². The molecule has 1 amide bonds. The van der Waals surface area contributed by atoms with E-state index in [9.17, 15) is 18.3 Å². The van der Waals surface area contributed by atoms with Crippen LogP contribution in [0.2, 0.25) is 5.02 Å². The summed E-state index contributed by atoms with van der Waals surface area (Å²) in [5, 5.41) is 14.2. The predicted octanol–water partition coefficient (Wildman–Crippen LogP) is 4.55. The Morgan fingerprint density at radius 3 is 2.49 bits per heavy atom. The molecular formula is C24H23BrClN3O5S. The summed E-state index contributed by atoms with van der Waals surface area (Å²) in [6.45, 7) is 1.67. The summed E-state index contributed by atoms with van der Waals surface area (Å²) in [6, 6.07) is 17.5. The van der Waals surface area contributed by atoms with E-state index in [-0.39, 0.29) is 22.9 Å². The van der Waals surface area contributed by atoms with Crippen LogP contribution in [0.25, 0.3) is 0 Å². The SMILES string of the molecule is CCOc1cc(/C=N\NC(=O)CN(Cc2ccc(Cl)cc2)S(=O)(=O)c2ccc(Br)cc2)ccc1O. The van der Waals surface area contributed by atoms with E-state index < -0.39 is 22.5 Å². The van der Waals surface area contributed by atoms with Crippen molar-refractivity contribution in [2.24, 2.45) is 5.10 Å². The summed E-state index contributed by atoms with van der Waals surface area (Å²) >= 11 is 9.23. The third-order valence-corrected chi connectivity index (χ3v) is 7.32. The Morgan fingerprint density at radius 2 is 1.83 bits per heavy atom. The highest BCUT2D eigenvalue weighted by atomic mass is 79.9. The lowest BCUT2D eigenvalue weighted by atomic mass is 10.2. The summed E-state index contributed by atoms with van der Waals surface area (Å²) in [5.41, 5.74) is 3.59. The van der Waals surface area contributed by atoms with E-state index in [1.165, 1.54) is 24.4 Å². The summed E-state index contributed by atoms with van der Waals surface area (Å²) in [6.07, 6.45) is 1.37. The number of hydrogen-bond acceptors (Lipinski definition) is 6. The van der Waals surface area contributed by atoms with Gasteiger partial charge >= 0.3 is 0 Å². The van der Waals surface area contributed by atoms with E-state index in [2.05, 4.69) is 26.5 Å². The Bertz CT molecular complexity index is 1300. The van der Waals surface area contributed by atoms with Crippen molar-refractivity contribution in [1.82, 2.24) is 9.73 Å². The van der Waals surface area contributed by atoms with E-state index in [1.54, 1.807) is 55.5 Å². The molecule has 35 heavy (non-hydrogen) atoms. The number of nitrogens with one attached hydrogen (secondary N) is 1. The van der Waals surface area contributed by atoms with Gasteiger partial charge in [0.25, 0.3) is 5.91 Å². The van der Waals surface area contributed by atoms with Crippen molar-refractivity contribution in [1.29, 1.82) is 0 Å². The molecule has 0 atom stereocenters. The number of ether oxygens (including phenoxy) is 1. The van der Waals surface area contributed by atoms with Crippen LogP contribution in [0.1, 0.15) is 18.1 Å². The second-order valence-corrected chi connectivity index (χ2v) is 10.6. The average molecular weight is 581 g/mol. The largest absolute Gasteiger partial charge is 0.504 e. The van der Waals surface area contributed by atoms with Crippen LogP contribution in [0.15, 0.2) is 81.2 Å². The van der Waals surface area contributed by atoms with Crippen LogP contribution < -0.4 is 10.2 Å². The Labute approximate surface area is 217 Å². The normalized spacial score (nSPS) is 11.7. The Balaban J connectivity index is 1.77. The molecular weight excluding hydrogens is 558 g/mol. The van der Waals surface area contributed by atoms with Gasteiger partial charge in [-0.05, 0) is 72.6 Å². The molecule has 0 aliphatic heterocycles. The lowest BCUT2D eigenvalue weighted by molar-refractivity contribution is -0.121. The summed E-state index contributed by atoms with van der Waals surface area (Å²) in [7, 11) is -3.99. The first kappa shape index (κ1) is 26.7. The van der Waals surface area contributed by atoms with Crippen molar-refractivity contribution in [3.8, 4) is 11.5 Å². The van der Waals surface area contributed by atoms with Gasteiger partial charge in [0.2, 0.25) is 10.0 Å².